The maximum absolute atomic E-state index is 6.33. The summed E-state index contributed by atoms with van der Waals surface area (Å²) in [6, 6.07) is 14.6. The molecule has 0 bridgehead atoms. The molecule has 0 amide bonds. The SMILES string of the molecule is Cc1cccc2c1nc(C(C)Cl)n2-c1ccc(I)cc1. The van der Waals surface area contributed by atoms with Crippen LogP contribution >= 0.6 is 34.2 Å². The van der Waals surface area contributed by atoms with Gasteiger partial charge in [0.15, 0.2) is 0 Å². The number of halogens is 2. The number of imidazole rings is 1. The van der Waals surface area contributed by atoms with E-state index in [1.807, 2.05) is 6.92 Å². The fourth-order valence-electron chi connectivity index (χ4n) is 2.39. The van der Waals surface area contributed by atoms with E-state index in [9.17, 15) is 0 Å². The number of aryl methyl sites for hydroxylation is 1. The first-order chi connectivity index (χ1) is 9.58. The summed E-state index contributed by atoms with van der Waals surface area (Å²) in [6.45, 7) is 4.04. The number of fused-ring (bicyclic) bond motifs is 1. The van der Waals surface area contributed by atoms with Gasteiger partial charge in [0.25, 0.3) is 0 Å². The van der Waals surface area contributed by atoms with E-state index in [4.69, 9.17) is 16.6 Å². The summed E-state index contributed by atoms with van der Waals surface area (Å²) in [6.07, 6.45) is 0. The average Bonchev–Trinajstić information content (AvgIpc) is 2.81. The standard InChI is InChI=1S/C16H14ClIN2/c1-10-4-3-5-14-15(10)19-16(11(2)17)20(14)13-8-6-12(18)7-9-13/h3-9,11H,1-2H3. The fourth-order valence-corrected chi connectivity index (χ4v) is 2.89. The van der Waals surface area contributed by atoms with Crippen molar-refractivity contribution in [3.63, 3.8) is 0 Å². The van der Waals surface area contributed by atoms with Gasteiger partial charge >= 0.3 is 0 Å². The molecule has 2 nitrogen and oxygen atoms in total. The Bertz CT molecular complexity index is 760. The van der Waals surface area contributed by atoms with Gasteiger partial charge in [0.05, 0.1) is 16.4 Å². The molecule has 0 saturated carbocycles. The molecular weight excluding hydrogens is 383 g/mol. The number of para-hydroxylation sites is 1. The van der Waals surface area contributed by atoms with Crippen molar-refractivity contribution in [2.24, 2.45) is 0 Å². The van der Waals surface area contributed by atoms with Crippen molar-refractivity contribution >= 4 is 45.2 Å². The lowest BCUT2D eigenvalue weighted by atomic mass is 10.2. The zero-order valence-corrected chi connectivity index (χ0v) is 14.2. The van der Waals surface area contributed by atoms with Crippen molar-refractivity contribution < 1.29 is 0 Å². The van der Waals surface area contributed by atoms with Crippen LogP contribution in [0.2, 0.25) is 0 Å². The van der Waals surface area contributed by atoms with E-state index in [0.717, 1.165) is 22.5 Å². The van der Waals surface area contributed by atoms with Crippen LogP contribution in [-0.4, -0.2) is 9.55 Å². The Morgan fingerprint density at radius 2 is 1.85 bits per heavy atom. The van der Waals surface area contributed by atoms with Gasteiger partial charge in [0, 0.05) is 9.26 Å². The first-order valence-corrected chi connectivity index (χ1v) is 7.97. The highest BCUT2D eigenvalue weighted by molar-refractivity contribution is 14.1. The largest absolute Gasteiger partial charge is 0.295 e. The molecule has 0 spiro atoms. The Morgan fingerprint density at radius 3 is 2.50 bits per heavy atom. The smallest absolute Gasteiger partial charge is 0.132 e. The highest BCUT2D eigenvalue weighted by Crippen LogP contribution is 2.29. The molecule has 0 aliphatic heterocycles. The molecule has 4 heteroatoms. The van der Waals surface area contributed by atoms with Crippen LogP contribution in [0.25, 0.3) is 16.7 Å². The maximum Gasteiger partial charge on any atom is 0.132 e. The van der Waals surface area contributed by atoms with Gasteiger partial charge in [-0.05, 0) is 72.3 Å². The van der Waals surface area contributed by atoms with E-state index in [1.54, 1.807) is 0 Å². The van der Waals surface area contributed by atoms with Gasteiger partial charge < -0.3 is 0 Å². The fraction of sp³-hybridized carbons (Fsp3) is 0.188. The first kappa shape index (κ1) is 13.9. The number of aromatic nitrogens is 2. The second kappa shape index (κ2) is 5.37. The number of hydrogen-bond acceptors (Lipinski definition) is 1. The Kier molecular flexibility index (Phi) is 3.73. The zero-order valence-electron chi connectivity index (χ0n) is 11.3. The molecule has 102 valence electrons. The van der Waals surface area contributed by atoms with Crippen LogP contribution in [0.4, 0.5) is 0 Å². The lowest BCUT2D eigenvalue weighted by Gasteiger charge is -2.10. The van der Waals surface area contributed by atoms with Crippen molar-refractivity contribution in [2.45, 2.75) is 19.2 Å². The molecule has 0 fully saturated rings. The second-order valence-electron chi connectivity index (χ2n) is 4.84. The Hall–Kier alpha value is -1.07. The van der Waals surface area contributed by atoms with Crippen LogP contribution in [-0.2, 0) is 0 Å². The van der Waals surface area contributed by atoms with Crippen molar-refractivity contribution in [2.75, 3.05) is 0 Å². The van der Waals surface area contributed by atoms with E-state index in [2.05, 4.69) is 76.5 Å². The van der Waals surface area contributed by atoms with Gasteiger partial charge in [0.2, 0.25) is 0 Å². The molecule has 2 aromatic carbocycles. The molecule has 0 aliphatic carbocycles. The van der Waals surface area contributed by atoms with Crippen LogP contribution in [0.3, 0.4) is 0 Å². The number of rotatable bonds is 2. The van der Waals surface area contributed by atoms with Gasteiger partial charge in [-0.25, -0.2) is 4.98 Å². The monoisotopic (exact) mass is 396 g/mol. The summed E-state index contributed by atoms with van der Waals surface area (Å²) in [4.78, 5) is 4.74. The molecule has 0 N–H and O–H groups in total. The van der Waals surface area contributed by atoms with E-state index < -0.39 is 0 Å². The normalized spacial score (nSPS) is 12.8. The van der Waals surface area contributed by atoms with Crippen LogP contribution in [0, 0.1) is 10.5 Å². The molecule has 1 atom stereocenters. The molecule has 1 aromatic heterocycles. The summed E-state index contributed by atoms with van der Waals surface area (Å²) in [5.74, 6) is 0.886. The number of benzene rings is 2. The minimum atomic E-state index is -0.138. The summed E-state index contributed by atoms with van der Waals surface area (Å²) < 4.78 is 3.36. The summed E-state index contributed by atoms with van der Waals surface area (Å²) >= 11 is 8.64. The molecule has 1 unspecified atom stereocenters. The van der Waals surface area contributed by atoms with Crippen LogP contribution in [0.15, 0.2) is 42.5 Å². The van der Waals surface area contributed by atoms with E-state index in [-0.39, 0.29) is 5.38 Å². The van der Waals surface area contributed by atoms with Crippen molar-refractivity contribution in [1.29, 1.82) is 0 Å². The van der Waals surface area contributed by atoms with Crippen LogP contribution in [0.1, 0.15) is 23.7 Å². The molecule has 0 radical (unpaired) electrons. The highest BCUT2D eigenvalue weighted by Gasteiger charge is 2.17. The third-order valence-corrected chi connectivity index (χ3v) is 4.27. The van der Waals surface area contributed by atoms with Crippen molar-refractivity contribution in [1.82, 2.24) is 9.55 Å². The minimum Gasteiger partial charge on any atom is -0.295 e. The van der Waals surface area contributed by atoms with Gasteiger partial charge in [-0.1, -0.05) is 12.1 Å². The summed E-state index contributed by atoms with van der Waals surface area (Å²) in [5, 5.41) is -0.138. The molecular formula is C16H14ClIN2. The summed E-state index contributed by atoms with van der Waals surface area (Å²) in [5.41, 5.74) is 4.40. The lowest BCUT2D eigenvalue weighted by Crippen LogP contribution is -2.01. The molecule has 1 heterocycles. The molecule has 20 heavy (non-hydrogen) atoms. The Morgan fingerprint density at radius 1 is 1.15 bits per heavy atom. The van der Waals surface area contributed by atoms with E-state index in [0.29, 0.717) is 0 Å². The third-order valence-electron chi connectivity index (χ3n) is 3.35. The lowest BCUT2D eigenvalue weighted by molar-refractivity contribution is 0.882. The van der Waals surface area contributed by atoms with E-state index in [1.165, 1.54) is 9.13 Å². The minimum absolute atomic E-state index is 0.138. The molecule has 0 saturated heterocycles. The number of alkyl halides is 1. The van der Waals surface area contributed by atoms with E-state index >= 15 is 0 Å². The van der Waals surface area contributed by atoms with Gasteiger partial charge in [-0.2, -0.15) is 0 Å². The Labute approximate surface area is 136 Å². The number of nitrogens with zero attached hydrogens (tertiary/aromatic N) is 2. The number of hydrogen-bond donors (Lipinski definition) is 0. The van der Waals surface area contributed by atoms with Gasteiger partial charge in [-0.15, -0.1) is 11.6 Å². The third kappa shape index (κ3) is 2.33. The first-order valence-electron chi connectivity index (χ1n) is 6.46. The topological polar surface area (TPSA) is 17.8 Å². The Balaban J connectivity index is 2.35. The average molecular weight is 397 g/mol. The molecule has 3 aromatic rings. The quantitative estimate of drug-likeness (QED) is 0.428. The predicted octanol–water partition coefficient (Wildman–Crippen LogP) is 5.24. The second-order valence-corrected chi connectivity index (χ2v) is 6.74. The predicted molar refractivity (Wildman–Crippen MR) is 92.8 cm³/mol. The zero-order chi connectivity index (χ0) is 14.3. The van der Waals surface area contributed by atoms with Crippen molar-refractivity contribution in [3.05, 3.63) is 57.4 Å². The highest BCUT2D eigenvalue weighted by atomic mass is 127. The maximum atomic E-state index is 6.33. The molecule has 3 rings (SSSR count). The van der Waals surface area contributed by atoms with Gasteiger partial charge in [-0.3, -0.25) is 4.57 Å². The molecule has 0 aliphatic rings. The van der Waals surface area contributed by atoms with Crippen LogP contribution in [0.5, 0.6) is 0 Å². The van der Waals surface area contributed by atoms with Gasteiger partial charge in [0.1, 0.15) is 5.82 Å². The summed E-state index contributed by atoms with van der Waals surface area (Å²) in [7, 11) is 0. The van der Waals surface area contributed by atoms with Crippen LogP contribution < -0.4 is 0 Å². The van der Waals surface area contributed by atoms with Crippen molar-refractivity contribution in [3.8, 4) is 5.69 Å².